The third kappa shape index (κ3) is 5.94. The van der Waals surface area contributed by atoms with Crippen LogP contribution < -0.4 is 0 Å². The Morgan fingerprint density at radius 1 is 0.833 bits per heavy atom. The summed E-state index contributed by atoms with van der Waals surface area (Å²) in [6, 6.07) is 22.4. The lowest BCUT2D eigenvalue weighted by molar-refractivity contribution is -0.141. The highest BCUT2D eigenvalue weighted by atomic mass is 35.5. The maximum atomic E-state index is 12.6. The van der Waals surface area contributed by atoms with Crippen LogP contribution in [0.15, 0.2) is 72.8 Å². The minimum atomic E-state index is -0.927. The lowest BCUT2D eigenvalue weighted by atomic mass is 9.92. The van der Waals surface area contributed by atoms with Gasteiger partial charge in [0.2, 0.25) is 0 Å². The van der Waals surface area contributed by atoms with Gasteiger partial charge in [0.15, 0.2) is 5.78 Å². The molecule has 0 aliphatic rings. The van der Waals surface area contributed by atoms with Crippen LogP contribution in [0.4, 0.5) is 0 Å². The molecule has 0 fully saturated rings. The van der Waals surface area contributed by atoms with Gasteiger partial charge in [-0.15, -0.1) is 0 Å². The lowest BCUT2D eigenvalue weighted by Gasteiger charge is -2.12. The fraction of sp³-hybridized carbons (Fsp3) is 0.200. The van der Waals surface area contributed by atoms with Gasteiger partial charge >= 0.3 is 5.97 Å². The number of aryl methyl sites for hydroxylation is 1. The number of ketones is 1. The smallest absolute Gasteiger partial charge is 0.306 e. The SMILES string of the molecule is O=C(CC(CCCc1ccccc1)C(=O)O)c1ccc(-c2ccc(Cl)c(Cl)c2)cc1. The highest BCUT2D eigenvalue weighted by molar-refractivity contribution is 6.42. The number of Topliss-reactive ketones (excluding diaryl/α,β-unsaturated/α-hetero) is 1. The molecule has 3 aromatic rings. The Morgan fingerprint density at radius 2 is 1.50 bits per heavy atom. The molecule has 0 saturated carbocycles. The highest BCUT2D eigenvalue weighted by Crippen LogP contribution is 2.29. The van der Waals surface area contributed by atoms with Crippen molar-refractivity contribution < 1.29 is 14.7 Å². The molecule has 30 heavy (non-hydrogen) atoms. The van der Waals surface area contributed by atoms with Crippen molar-refractivity contribution in [2.45, 2.75) is 25.7 Å². The largest absolute Gasteiger partial charge is 0.481 e. The molecule has 1 atom stereocenters. The Bertz CT molecular complexity index is 1010. The van der Waals surface area contributed by atoms with E-state index in [0.29, 0.717) is 22.0 Å². The molecule has 0 heterocycles. The van der Waals surface area contributed by atoms with E-state index in [2.05, 4.69) is 0 Å². The molecule has 0 bridgehead atoms. The molecule has 1 N–H and O–H groups in total. The zero-order chi connectivity index (χ0) is 21.5. The molecule has 3 nitrogen and oxygen atoms in total. The minimum Gasteiger partial charge on any atom is -0.481 e. The first kappa shape index (κ1) is 22.1. The van der Waals surface area contributed by atoms with Crippen LogP contribution in [0.5, 0.6) is 0 Å². The number of rotatable bonds is 9. The summed E-state index contributed by atoms with van der Waals surface area (Å²) in [6.07, 6.45) is 2.00. The van der Waals surface area contributed by atoms with Crippen molar-refractivity contribution in [3.05, 3.63) is 94.0 Å². The van der Waals surface area contributed by atoms with Crippen molar-refractivity contribution in [2.75, 3.05) is 0 Å². The number of hydrogen-bond donors (Lipinski definition) is 1. The van der Waals surface area contributed by atoms with Gasteiger partial charge in [-0.25, -0.2) is 0 Å². The maximum Gasteiger partial charge on any atom is 0.306 e. The molecule has 0 aliphatic carbocycles. The first-order valence-electron chi connectivity index (χ1n) is 9.79. The fourth-order valence-corrected chi connectivity index (χ4v) is 3.67. The molecular weight excluding hydrogens is 419 g/mol. The van der Waals surface area contributed by atoms with Crippen molar-refractivity contribution in [3.63, 3.8) is 0 Å². The molecule has 0 aliphatic heterocycles. The van der Waals surface area contributed by atoms with Crippen molar-refractivity contribution in [1.29, 1.82) is 0 Å². The quantitative estimate of drug-likeness (QED) is 0.365. The molecule has 0 aromatic heterocycles. The average molecular weight is 441 g/mol. The van der Waals surface area contributed by atoms with Gasteiger partial charge in [0.1, 0.15) is 0 Å². The van der Waals surface area contributed by atoms with Crippen molar-refractivity contribution in [2.24, 2.45) is 5.92 Å². The Kier molecular flexibility index (Phi) is 7.67. The van der Waals surface area contributed by atoms with E-state index in [1.165, 1.54) is 5.56 Å². The van der Waals surface area contributed by atoms with Crippen molar-refractivity contribution >= 4 is 35.0 Å². The normalized spacial score (nSPS) is 11.8. The number of benzene rings is 3. The Balaban J connectivity index is 1.61. The summed E-state index contributed by atoms with van der Waals surface area (Å²) in [5, 5.41) is 10.5. The number of carboxylic acid groups (broad SMARTS) is 1. The van der Waals surface area contributed by atoms with E-state index in [9.17, 15) is 14.7 Å². The van der Waals surface area contributed by atoms with Gasteiger partial charge in [0.05, 0.1) is 16.0 Å². The third-order valence-corrected chi connectivity index (χ3v) is 5.84. The van der Waals surface area contributed by atoms with Gasteiger partial charge in [-0.3, -0.25) is 9.59 Å². The third-order valence-electron chi connectivity index (χ3n) is 5.10. The summed E-state index contributed by atoms with van der Waals surface area (Å²) < 4.78 is 0. The molecule has 0 amide bonds. The first-order chi connectivity index (χ1) is 14.4. The van der Waals surface area contributed by atoms with E-state index in [0.717, 1.165) is 24.0 Å². The van der Waals surface area contributed by atoms with Gasteiger partial charge in [-0.05, 0) is 48.1 Å². The molecule has 0 spiro atoms. The number of carboxylic acids is 1. The first-order valence-corrected chi connectivity index (χ1v) is 10.5. The van der Waals surface area contributed by atoms with E-state index in [1.54, 1.807) is 24.3 Å². The lowest BCUT2D eigenvalue weighted by Crippen LogP contribution is -2.18. The van der Waals surface area contributed by atoms with Crippen LogP contribution in [0.3, 0.4) is 0 Å². The summed E-state index contributed by atoms with van der Waals surface area (Å²) in [5.74, 6) is -1.78. The van der Waals surface area contributed by atoms with Crippen LogP contribution in [0.25, 0.3) is 11.1 Å². The second-order valence-corrected chi connectivity index (χ2v) is 8.06. The van der Waals surface area contributed by atoms with Crippen LogP contribution in [0.2, 0.25) is 10.0 Å². The summed E-state index contributed by atoms with van der Waals surface area (Å²) in [7, 11) is 0. The van der Waals surface area contributed by atoms with Crippen LogP contribution >= 0.6 is 23.2 Å². The zero-order valence-corrected chi connectivity index (χ0v) is 17.9. The summed E-state index contributed by atoms with van der Waals surface area (Å²) in [5.41, 5.74) is 3.48. The van der Waals surface area contributed by atoms with Gasteiger partial charge in [-0.2, -0.15) is 0 Å². The minimum absolute atomic E-state index is 0.00373. The van der Waals surface area contributed by atoms with E-state index >= 15 is 0 Å². The Morgan fingerprint density at radius 3 is 2.13 bits per heavy atom. The highest BCUT2D eigenvalue weighted by Gasteiger charge is 2.21. The number of carbonyl (C=O) groups is 2. The fourth-order valence-electron chi connectivity index (χ4n) is 3.38. The number of halogens is 2. The van der Waals surface area contributed by atoms with Crippen molar-refractivity contribution in [1.82, 2.24) is 0 Å². The molecule has 1 unspecified atom stereocenters. The second kappa shape index (κ2) is 10.4. The summed E-state index contributed by atoms with van der Waals surface area (Å²) in [6.45, 7) is 0. The van der Waals surface area contributed by atoms with E-state index in [-0.39, 0.29) is 12.2 Å². The van der Waals surface area contributed by atoms with Gasteiger partial charge in [0.25, 0.3) is 0 Å². The molecular formula is C25H22Cl2O3. The molecule has 3 aromatic carbocycles. The number of aliphatic carboxylic acids is 1. The van der Waals surface area contributed by atoms with Crippen molar-refractivity contribution in [3.8, 4) is 11.1 Å². The Hall–Kier alpha value is -2.62. The topological polar surface area (TPSA) is 54.4 Å². The van der Waals surface area contributed by atoms with Crippen LogP contribution in [-0.4, -0.2) is 16.9 Å². The molecule has 5 heteroatoms. The molecule has 0 saturated heterocycles. The van der Waals surface area contributed by atoms with Crippen LogP contribution in [0, 0.1) is 5.92 Å². The van der Waals surface area contributed by atoms with Crippen LogP contribution in [0.1, 0.15) is 35.2 Å². The maximum absolute atomic E-state index is 12.6. The van der Waals surface area contributed by atoms with Crippen LogP contribution in [-0.2, 0) is 11.2 Å². The van der Waals surface area contributed by atoms with E-state index in [1.807, 2.05) is 48.5 Å². The summed E-state index contributed by atoms with van der Waals surface area (Å²) in [4.78, 5) is 24.3. The predicted molar refractivity (Wildman–Crippen MR) is 121 cm³/mol. The van der Waals surface area contributed by atoms with Gasteiger partial charge in [0, 0.05) is 12.0 Å². The predicted octanol–water partition coefficient (Wildman–Crippen LogP) is 6.96. The molecule has 0 radical (unpaired) electrons. The number of hydrogen-bond acceptors (Lipinski definition) is 2. The second-order valence-electron chi connectivity index (χ2n) is 7.25. The molecule has 154 valence electrons. The van der Waals surface area contributed by atoms with Gasteiger partial charge in [-0.1, -0.05) is 83.9 Å². The van der Waals surface area contributed by atoms with E-state index < -0.39 is 11.9 Å². The Labute approximate surface area is 186 Å². The number of carbonyl (C=O) groups excluding carboxylic acids is 1. The van der Waals surface area contributed by atoms with Gasteiger partial charge < -0.3 is 5.11 Å². The monoisotopic (exact) mass is 440 g/mol. The zero-order valence-electron chi connectivity index (χ0n) is 16.4. The van der Waals surface area contributed by atoms with E-state index in [4.69, 9.17) is 23.2 Å². The standard InChI is InChI=1S/C25H22Cl2O3/c26-22-14-13-20(15-23(22)27)18-9-11-19(12-10-18)24(28)16-21(25(29)30)8-4-7-17-5-2-1-3-6-17/h1-3,5-6,9-15,21H,4,7-8,16H2,(H,29,30). The summed E-state index contributed by atoms with van der Waals surface area (Å²) >= 11 is 12.0. The molecule has 3 rings (SSSR count). The average Bonchev–Trinajstić information content (AvgIpc) is 2.75.